The van der Waals surface area contributed by atoms with Crippen LogP contribution in [0.25, 0.3) is 22.2 Å². The summed E-state index contributed by atoms with van der Waals surface area (Å²) in [6.45, 7) is 2.01. The van der Waals surface area contributed by atoms with Crippen molar-refractivity contribution >= 4 is 16.9 Å². The van der Waals surface area contributed by atoms with E-state index < -0.39 is 5.97 Å². The lowest BCUT2D eigenvalue weighted by atomic mass is 10.1. The van der Waals surface area contributed by atoms with Gasteiger partial charge in [-0.2, -0.15) is 0 Å². The van der Waals surface area contributed by atoms with E-state index in [2.05, 4.69) is 20.2 Å². The molecule has 0 atom stereocenters. The van der Waals surface area contributed by atoms with E-state index >= 15 is 0 Å². The van der Waals surface area contributed by atoms with Crippen LogP contribution in [-0.2, 0) is 0 Å². The van der Waals surface area contributed by atoms with E-state index in [9.17, 15) is 4.79 Å². The number of hydrogen-bond acceptors (Lipinski definition) is 4. The highest BCUT2D eigenvalue weighted by Gasteiger charge is 2.12. The number of nitrogens with zero attached hydrogens (tertiary/aromatic N) is 3. The van der Waals surface area contributed by atoms with Crippen molar-refractivity contribution < 1.29 is 9.90 Å². The lowest BCUT2D eigenvalue weighted by Crippen LogP contribution is -2.05. The Kier molecular flexibility index (Phi) is 2.49. The number of aryl methyl sites for hydroxylation is 1. The fraction of sp³-hybridized carbons (Fsp3) is 0.0769. The quantitative estimate of drug-likeness (QED) is 0.730. The summed E-state index contributed by atoms with van der Waals surface area (Å²) in [7, 11) is 0. The van der Waals surface area contributed by atoms with Crippen LogP contribution in [0.3, 0.4) is 0 Å². The largest absolute Gasteiger partial charge is 0.475 e. The Morgan fingerprint density at radius 3 is 2.84 bits per heavy atom. The van der Waals surface area contributed by atoms with Crippen LogP contribution >= 0.6 is 0 Å². The van der Waals surface area contributed by atoms with Crippen LogP contribution in [0.5, 0.6) is 0 Å². The number of H-pyrrole nitrogens is 1. The van der Waals surface area contributed by atoms with Gasteiger partial charge in [-0.15, -0.1) is 10.2 Å². The van der Waals surface area contributed by atoms with Gasteiger partial charge >= 0.3 is 5.97 Å². The summed E-state index contributed by atoms with van der Waals surface area (Å²) in [6, 6.07) is 5.94. The molecule has 2 N–H and O–H groups in total. The second-order valence-corrected chi connectivity index (χ2v) is 4.17. The molecule has 0 aliphatic rings. The molecule has 2 heterocycles. The Balaban J connectivity index is 2.16. The Hall–Kier alpha value is -2.76. The highest BCUT2D eigenvalue weighted by atomic mass is 16.4. The summed E-state index contributed by atoms with van der Waals surface area (Å²) in [6.07, 6.45) is 3.25. The van der Waals surface area contributed by atoms with Crippen LogP contribution in [0.1, 0.15) is 16.2 Å². The van der Waals surface area contributed by atoms with E-state index in [1.54, 1.807) is 0 Å². The lowest BCUT2D eigenvalue weighted by Gasteiger charge is -2.00. The summed E-state index contributed by atoms with van der Waals surface area (Å²) < 4.78 is 0. The number of carbonyl (C=O) groups is 1. The molecule has 1 aromatic carbocycles. The first-order valence-electron chi connectivity index (χ1n) is 5.67. The zero-order chi connectivity index (χ0) is 13.4. The molecular weight excluding hydrogens is 244 g/mol. The molecule has 0 saturated carbocycles. The number of carboxylic acids is 1. The van der Waals surface area contributed by atoms with Gasteiger partial charge in [0.25, 0.3) is 5.82 Å². The summed E-state index contributed by atoms with van der Waals surface area (Å²) in [5.74, 6) is -1.49. The van der Waals surface area contributed by atoms with E-state index in [-0.39, 0.29) is 5.82 Å². The first kappa shape index (κ1) is 11.3. The van der Waals surface area contributed by atoms with Crippen molar-refractivity contribution in [3.63, 3.8) is 0 Å². The lowest BCUT2D eigenvalue weighted by molar-refractivity contribution is 0.0682. The molecule has 0 aliphatic heterocycles. The summed E-state index contributed by atoms with van der Waals surface area (Å²) in [5, 5.41) is 17.3. The minimum atomic E-state index is -1.19. The SMILES string of the molecule is Cc1cccc2[nH]cc(-c3cnc(C(=O)O)nn3)c12. The molecule has 0 aliphatic carbocycles. The van der Waals surface area contributed by atoms with Crippen LogP contribution in [-0.4, -0.2) is 31.2 Å². The average Bonchev–Trinajstić information content (AvgIpc) is 2.84. The number of aromatic nitrogens is 4. The number of fused-ring (bicyclic) bond motifs is 1. The normalized spacial score (nSPS) is 10.8. The highest BCUT2D eigenvalue weighted by molar-refractivity contribution is 5.96. The zero-order valence-corrected chi connectivity index (χ0v) is 10.1. The average molecular weight is 254 g/mol. The summed E-state index contributed by atoms with van der Waals surface area (Å²) in [5.41, 5.74) is 3.52. The standard InChI is InChI=1S/C13H10N4O2/c1-7-3-2-4-9-11(7)8(5-14-9)10-6-15-12(13(18)19)17-16-10/h2-6,14H,1H3,(H,18,19). The van der Waals surface area contributed by atoms with E-state index in [4.69, 9.17) is 5.11 Å². The molecule has 94 valence electrons. The number of carboxylic acid groups (broad SMARTS) is 1. The van der Waals surface area contributed by atoms with Gasteiger partial charge in [-0.1, -0.05) is 12.1 Å². The number of aromatic carboxylic acids is 1. The second-order valence-electron chi connectivity index (χ2n) is 4.17. The van der Waals surface area contributed by atoms with Gasteiger partial charge in [-0.3, -0.25) is 0 Å². The van der Waals surface area contributed by atoms with Crippen LogP contribution in [0.2, 0.25) is 0 Å². The van der Waals surface area contributed by atoms with Crippen molar-refractivity contribution in [3.8, 4) is 11.3 Å². The molecule has 0 saturated heterocycles. The number of nitrogens with one attached hydrogen (secondary N) is 1. The second kappa shape index (κ2) is 4.16. The Morgan fingerprint density at radius 1 is 1.32 bits per heavy atom. The van der Waals surface area contributed by atoms with Gasteiger partial charge in [0.05, 0.1) is 6.20 Å². The maximum absolute atomic E-state index is 10.7. The third-order valence-corrected chi connectivity index (χ3v) is 2.94. The van der Waals surface area contributed by atoms with Crippen molar-refractivity contribution in [1.29, 1.82) is 0 Å². The van der Waals surface area contributed by atoms with Crippen molar-refractivity contribution in [2.45, 2.75) is 6.92 Å². The van der Waals surface area contributed by atoms with Gasteiger partial charge in [-0.05, 0) is 18.6 Å². The third-order valence-electron chi connectivity index (χ3n) is 2.94. The van der Waals surface area contributed by atoms with Crippen molar-refractivity contribution in [2.24, 2.45) is 0 Å². The topological polar surface area (TPSA) is 91.8 Å². The molecular formula is C13H10N4O2. The number of benzene rings is 1. The predicted octanol–water partition coefficient (Wildman–Crippen LogP) is 2.03. The molecule has 0 radical (unpaired) electrons. The van der Waals surface area contributed by atoms with Gasteiger partial charge in [0.2, 0.25) is 0 Å². The van der Waals surface area contributed by atoms with E-state index in [1.165, 1.54) is 6.20 Å². The van der Waals surface area contributed by atoms with Crippen LogP contribution in [0.15, 0.2) is 30.6 Å². The number of aromatic amines is 1. The molecule has 2 aromatic heterocycles. The smallest absolute Gasteiger partial charge is 0.375 e. The van der Waals surface area contributed by atoms with Crippen molar-refractivity contribution in [1.82, 2.24) is 20.2 Å². The van der Waals surface area contributed by atoms with Crippen LogP contribution in [0.4, 0.5) is 0 Å². The van der Waals surface area contributed by atoms with E-state index in [0.29, 0.717) is 5.69 Å². The maximum Gasteiger partial charge on any atom is 0.375 e. The van der Waals surface area contributed by atoms with E-state index in [0.717, 1.165) is 22.0 Å². The van der Waals surface area contributed by atoms with Crippen molar-refractivity contribution in [2.75, 3.05) is 0 Å². The highest BCUT2D eigenvalue weighted by Crippen LogP contribution is 2.28. The first-order chi connectivity index (χ1) is 9.16. The molecule has 3 aromatic rings. The fourth-order valence-electron chi connectivity index (χ4n) is 2.07. The predicted molar refractivity (Wildman–Crippen MR) is 68.8 cm³/mol. The number of hydrogen-bond donors (Lipinski definition) is 2. The van der Waals surface area contributed by atoms with Gasteiger partial charge in [0.1, 0.15) is 5.69 Å². The minimum Gasteiger partial charge on any atom is -0.475 e. The molecule has 6 nitrogen and oxygen atoms in total. The molecule has 6 heteroatoms. The van der Waals surface area contributed by atoms with Gasteiger partial charge < -0.3 is 10.1 Å². The summed E-state index contributed by atoms with van der Waals surface area (Å²) >= 11 is 0. The van der Waals surface area contributed by atoms with Crippen molar-refractivity contribution in [3.05, 3.63) is 42.0 Å². The molecule has 0 spiro atoms. The maximum atomic E-state index is 10.7. The Labute approximate surface area is 108 Å². The molecule has 19 heavy (non-hydrogen) atoms. The van der Waals surface area contributed by atoms with Crippen LogP contribution in [0, 0.1) is 6.92 Å². The van der Waals surface area contributed by atoms with Crippen LogP contribution < -0.4 is 0 Å². The number of rotatable bonds is 2. The molecule has 0 fully saturated rings. The van der Waals surface area contributed by atoms with Gasteiger partial charge in [0.15, 0.2) is 0 Å². The molecule has 0 amide bonds. The first-order valence-corrected chi connectivity index (χ1v) is 5.67. The fourth-order valence-corrected chi connectivity index (χ4v) is 2.07. The molecule has 3 rings (SSSR count). The van der Waals surface area contributed by atoms with Gasteiger partial charge in [-0.25, -0.2) is 9.78 Å². The van der Waals surface area contributed by atoms with E-state index in [1.807, 2.05) is 31.3 Å². The monoisotopic (exact) mass is 254 g/mol. The zero-order valence-electron chi connectivity index (χ0n) is 10.1. The molecule has 0 unspecified atom stereocenters. The Bertz CT molecular complexity index is 762. The summed E-state index contributed by atoms with van der Waals surface area (Å²) in [4.78, 5) is 17.6. The minimum absolute atomic E-state index is 0.305. The third kappa shape index (κ3) is 1.83. The Morgan fingerprint density at radius 2 is 2.16 bits per heavy atom. The van der Waals surface area contributed by atoms with Gasteiger partial charge in [0, 0.05) is 22.7 Å². The molecule has 0 bridgehead atoms.